The Balaban J connectivity index is 1.94. The quantitative estimate of drug-likeness (QED) is 0.300. The first-order valence-corrected chi connectivity index (χ1v) is 12.1. The van der Waals surface area contributed by atoms with Gasteiger partial charge < -0.3 is 0 Å². The maximum atomic E-state index is 13.3. The number of rotatable bonds is 7. The molecule has 0 atom stereocenters. The zero-order chi connectivity index (χ0) is 24.9. The number of hydrogen-bond donors (Lipinski definition) is 1. The highest BCUT2D eigenvalue weighted by molar-refractivity contribution is 9.10. The summed E-state index contributed by atoms with van der Waals surface area (Å²) in [5.41, 5.74) is 1.22. The highest BCUT2D eigenvalue weighted by Crippen LogP contribution is 2.37. The number of anilines is 1. The van der Waals surface area contributed by atoms with Crippen LogP contribution in [-0.2, 0) is 21.0 Å². The molecular formula is C22H16BrClF3N3O3S. The summed E-state index contributed by atoms with van der Waals surface area (Å²) in [4.78, 5) is 12.3. The molecule has 0 spiro atoms. The van der Waals surface area contributed by atoms with E-state index in [1.165, 1.54) is 30.5 Å². The molecule has 178 valence electrons. The Hall–Kier alpha value is -2.89. The Morgan fingerprint density at radius 2 is 1.71 bits per heavy atom. The second-order valence-electron chi connectivity index (χ2n) is 6.83. The van der Waals surface area contributed by atoms with Crippen molar-refractivity contribution < 1.29 is 26.4 Å². The molecule has 0 heterocycles. The van der Waals surface area contributed by atoms with Crippen LogP contribution in [0, 0.1) is 0 Å². The fourth-order valence-electron chi connectivity index (χ4n) is 2.79. The summed E-state index contributed by atoms with van der Waals surface area (Å²) in [5, 5.41) is 3.50. The molecule has 0 saturated carbocycles. The summed E-state index contributed by atoms with van der Waals surface area (Å²) < 4.78 is 67.8. The molecule has 1 amide bonds. The summed E-state index contributed by atoms with van der Waals surface area (Å²) in [6.45, 7) is -0.865. The summed E-state index contributed by atoms with van der Waals surface area (Å²) >= 11 is 9.37. The standard InChI is InChI=1S/C22H16BrClF3N3O3S/c23-17-9-6-15(7-10-17)13-28-29-21(31)14-30(34(32,33)18-4-2-1-3-5-18)20-12-16(22(25,26)27)8-11-19(20)24/h1-13H,14H2,(H,29,31)/b28-13-. The minimum atomic E-state index is -4.75. The molecule has 0 saturated heterocycles. The van der Waals surface area contributed by atoms with Crippen LogP contribution in [0.15, 0.2) is 87.3 Å². The number of hydrazone groups is 1. The zero-order valence-corrected chi connectivity index (χ0v) is 20.3. The van der Waals surface area contributed by atoms with Gasteiger partial charge in [0.2, 0.25) is 0 Å². The van der Waals surface area contributed by atoms with Gasteiger partial charge in [-0.15, -0.1) is 0 Å². The number of alkyl halides is 3. The molecule has 0 aromatic heterocycles. The van der Waals surface area contributed by atoms with Crippen molar-refractivity contribution in [3.8, 4) is 0 Å². The summed E-state index contributed by atoms with van der Waals surface area (Å²) in [7, 11) is -4.45. The van der Waals surface area contributed by atoms with E-state index in [2.05, 4.69) is 26.5 Å². The first-order valence-electron chi connectivity index (χ1n) is 9.50. The SMILES string of the molecule is O=C(CN(c1cc(C(F)(F)F)ccc1Cl)S(=O)(=O)c1ccccc1)N/N=C\c1ccc(Br)cc1. The molecule has 0 aliphatic carbocycles. The molecule has 0 fully saturated rings. The average Bonchev–Trinajstić information content (AvgIpc) is 2.79. The molecule has 3 aromatic rings. The molecule has 3 rings (SSSR count). The topological polar surface area (TPSA) is 78.8 Å². The number of hydrogen-bond acceptors (Lipinski definition) is 4. The minimum Gasteiger partial charge on any atom is -0.271 e. The van der Waals surface area contributed by atoms with Crippen LogP contribution in [0.4, 0.5) is 18.9 Å². The Kier molecular flexibility index (Phi) is 8.01. The van der Waals surface area contributed by atoms with Gasteiger partial charge >= 0.3 is 6.18 Å². The van der Waals surface area contributed by atoms with E-state index in [0.29, 0.717) is 15.9 Å². The summed E-state index contributed by atoms with van der Waals surface area (Å²) in [5.74, 6) is -0.888. The van der Waals surface area contributed by atoms with Crippen molar-refractivity contribution in [1.82, 2.24) is 5.43 Å². The molecular weight excluding hydrogens is 559 g/mol. The molecule has 0 radical (unpaired) electrons. The largest absolute Gasteiger partial charge is 0.416 e. The predicted molar refractivity (Wildman–Crippen MR) is 127 cm³/mol. The zero-order valence-electron chi connectivity index (χ0n) is 17.1. The van der Waals surface area contributed by atoms with Crippen molar-refractivity contribution in [1.29, 1.82) is 0 Å². The highest BCUT2D eigenvalue weighted by atomic mass is 79.9. The Morgan fingerprint density at radius 3 is 2.32 bits per heavy atom. The van der Waals surface area contributed by atoms with Gasteiger partial charge in [-0.3, -0.25) is 9.10 Å². The van der Waals surface area contributed by atoms with E-state index in [1.54, 1.807) is 30.3 Å². The highest BCUT2D eigenvalue weighted by Gasteiger charge is 2.34. The third-order valence-corrected chi connectivity index (χ3v) is 7.06. The number of amides is 1. The van der Waals surface area contributed by atoms with Gasteiger partial charge in [0.25, 0.3) is 15.9 Å². The Morgan fingerprint density at radius 1 is 1.06 bits per heavy atom. The lowest BCUT2D eigenvalue weighted by Crippen LogP contribution is -2.40. The maximum Gasteiger partial charge on any atom is 0.416 e. The van der Waals surface area contributed by atoms with Crippen LogP contribution in [0.1, 0.15) is 11.1 Å². The van der Waals surface area contributed by atoms with Crippen LogP contribution in [0.3, 0.4) is 0 Å². The van der Waals surface area contributed by atoms with Crippen LogP contribution in [-0.4, -0.2) is 27.1 Å². The first-order chi connectivity index (χ1) is 16.0. The van der Waals surface area contributed by atoms with E-state index in [1.807, 2.05) is 0 Å². The third kappa shape index (κ3) is 6.37. The van der Waals surface area contributed by atoms with E-state index in [4.69, 9.17) is 11.6 Å². The van der Waals surface area contributed by atoms with Crippen molar-refractivity contribution >= 4 is 55.4 Å². The Labute approximate surface area is 207 Å². The van der Waals surface area contributed by atoms with Crippen molar-refractivity contribution in [2.24, 2.45) is 5.10 Å². The van der Waals surface area contributed by atoms with E-state index < -0.39 is 39.9 Å². The van der Waals surface area contributed by atoms with Gasteiger partial charge in [0.05, 0.1) is 27.4 Å². The van der Waals surface area contributed by atoms with Crippen LogP contribution in [0.2, 0.25) is 5.02 Å². The molecule has 1 N–H and O–H groups in total. The summed E-state index contributed by atoms with van der Waals surface area (Å²) in [6, 6.07) is 16.2. The first kappa shape index (κ1) is 25.7. The van der Waals surface area contributed by atoms with Crippen molar-refractivity contribution in [3.63, 3.8) is 0 Å². The number of halogens is 5. The van der Waals surface area contributed by atoms with E-state index in [0.717, 1.165) is 16.6 Å². The second kappa shape index (κ2) is 10.6. The number of nitrogens with zero attached hydrogens (tertiary/aromatic N) is 2. The number of nitrogens with one attached hydrogen (secondary N) is 1. The smallest absolute Gasteiger partial charge is 0.271 e. The number of sulfonamides is 1. The lowest BCUT2D eigenvalue weighted by Gasteiger charge is -2.25. The van der Waals surface area contributed by atoms with E-state index in [9.17, 15) is 26.4 Å². The number of benzene rings is 3. The van der Waals surface area contributed by atoms with Gasteiger partial charge in [0, 0.05) is 4.47 Å². The normalized spacial score (nSPS) is 12.0. The van der Waals surface area contributed by atoms with Crippen LogP contribution >= 0.6 is 27.5 Å². The fourth-order valence-corrected chi connectivity index (χ4v) is 4.78. The van der Waals surface area contributed by atoms with Crippen LogP contribution in [0.5, 0.6) is 0 Å². The molecule has 12 heteroatoms. The van der Waals surface area contributed by atoms with E-state index >= 15 is 0 Å². The second-order valence-corrected chi connectivity index (χ2v) is 10.0. The minimum absolute atomic E-state index is 0.227. The number of carbonyl (C=O) groups is 1. The van der Waals surface area contributed by atoms with Gasteiger partial charge in [-0.2, -0.15) is 18.3 Å². The van der Waals surface area contributed by atoms with Gasteiger partial charge in [0.1, 0.15) is 6.54 Å². The van der Waals surface area contributed by atoms with Crippen molar-refractivity contribution in [3.05, 3.63) is 93.4 Å². The lowest BCUT2D eigenvalue weighted by molar-refractivity contribution is -0.137. The van der Waals surface area contributed by atoms with Gasteiger partial charge in [0.15, 0.2) is 0 Å². The molecule has 0 bridgehead atoms. The fraction of sp³-hybridized carbons (Fsp3) is 0.0909. The monoisotopic (exact) mass is 573 g/mol. The molecule has 0 unspecified atom stereocenters. The van der Waals surface area contributed by atoms with Crippen molar-refractivity contribution in [2.45, 2.75) is 11.1 Å². The average molecular weight is 575 g/mol. The third-order valence-electron chi connectivity index (χ3n) is 4.43. The molecule has 0 aliphatic rings. The Bertz CT molecular complexity index is 1300. The lowest BCUT2D eigenvalue weighted by atomic mass is 10.2. The maximum absolute atomic E-state index is 13.3. The van der Waals surface area contributed by atoms with Crippen LogP contribution in [0.25, 0.3) is 0 Å². The predicted octanol–water partition coefficient (Wildman–Crippen LogP) is 5.47. The molecule has 34 heavy (non-hydrogen) atoms. The molecule has 3 aromatic carbocycles. The van der Waals surface area contributed by atoms with Crippen molar-refractivity contribution in [2.75, 3.05) is 10.8 Å². The van der Waals surface area contributed by atoms with Gasteiger partial charge in [-0.1, -0.05) is 57.9 Å². The van der Waals surface area contributed by atoms with Gasteiger partial charge in [-0.05, 0) is 48.0 Å². The van der Waals surface area contributed by atoms with Gasteiger partial charge in [-0.25, -0.2) is 13.8 Å². The van der Waals surface area contributed by atoms with E-state index in [-0.39, 0.29) is 9.92 Å². The van der Waals surface area contributed by atoms with Crippen LogP contribution < -0.4 is 9.73 Å². The number of carbonyl (C=O) groups excluding carboxylic acids is 1. The molecule has 0 aliphatic heterocycles. The molecule has 6 nitrogen and oxygen atoms in total. The summed E-state index contributed by atoms with van der Waals surface area (Å²) in [6.07, 6.45) is -3.42.